The van der Waals surface area contributed by atoms with Crippen molar-refractivity contribution in [2.45, 2.75) is 19.9 Å². The van der Waals surface area contributed by atoms with Crippen LogP contribution in [-0.4, -0.2) is 18.2 Å². The van der Waals surface area contributed by atoms with Gasteiger partial charge in [0.2, 0.25) is 0 Å². The van der Waals surface area contributed by atoms with Gasteiger partial charge in [0.1, 0.15) is 5.75 Å². The van der Waals surface area contributed by atoms with Gasteiger partial charge in [0.05, 0.1) is 28.6 Å². The zero-order valence-corrected chi connectivity index (χ0v) is 13.7. The first-order chi connectivity index (χ1) is 8.75. The summed E-state index contributed by atoms with van der Waals surface area (Å²) in [6, 6.07) is 4.12. The smallest absolute Gasteiger partial charge is 0.313 e. The van der Waals surface area contributed by atoms with E-state index < -0.39 is 17.4 Å². The van der Waals surface area contributed by atoms with Crippen LogP contribution in [0.15, 0.2) is 16.6 Å². The van der Waals surface area contributed by atoms with Crippen LogP contribution in [0.4, 0.5) is 0 Å². The minimum atomic E-state index is -1.03. The molecule has 3 N–H and O–H groups in total. The van der Waals surface area contributed by atoms with E-state index in [1.165, 1.54) is 19.2 Å². The van der Waals surface area contributed by atoms with Crippen LogP contribution in [0, 0.1) is 16.7 Å². The highest BCUT2D eigenvalue weighted by atomic mass is 79.9. The highest BCUT2D eigenvalue weighted by molar-refractivity contribution is 9.10. The first kappa shape index (κ1) is 18.7. The van der Waals surface area contributed by atoms with Crippen LogP contribution < -0.4 is 5.73 Å². The number of benzene rings is 1. The van der Waals surface area contributed by atoms with Crippen molar-refractivity contribution >= 4 is 34.3 Å². The fourth-order valence-corrected chi connectivity index (χ4v) is 2.18. The zero-order valence-electron chi connectivity index (χ0n) is 11.3. The molecule has 20 heavy (non-hydrogen) atoms. The number of halogens is 2. The minimum absolute atomic E-state index is 0. The summed E-state index contributed by atoms with van der Waals surface area (Å²) in [5.74, 6) is -0.568. The molecule has 0 saturated carbocycles. The molecule has 0 radical (unpaired) electrons. The molecule has 0 unspecified atom stereocenters. The van der Waals surface area contributed by atoms with Crippen molar-refractivity contribution in [1.29, 1.82) is 5.26 Å². The largest absolute Gasteiger partial charge is 0.506 e. The molecule has 110 valence electrons. The number of methoxy groups -OCH3 is 1. The van der Waals surface area contributed by atoms with Crippen LogP contribution in [0.3, 0.4) is 0 Å². The summed E-state index contributed by atoms with van der Waals surface area (Å²) in [7, 11) is 1.28. The molecule has 0 aliphatic carbocycles. The molecule has 0 fully saturated rings. The van der Waals surface area contributed by atoms with Crippen LogP contribution in [0.2, 0.25) is 0 Å². The Balaban J connectivity index is 0.00000361. The number of hydrogen-bond donors (Lipinski definition) is 2. The van der Waals surface area contributed by atoms with Crippen LogP contribution in [0.1, 0.15) is 31.0 Å². The molecule has 1 aromatic carbocycles. The van der Waals surface area contributed by atoms with E-state index in [0.29, 0.717) is 15.6 Å². The average Bonchev–Trinajstić information content (AvgIpc) is 2.39. The summed E-state index contributed by atoms with van der Waals surface area (Å²) in [5.41, 5.74) is 5.69. The number of nitrogens with zero attached hydrogens (tertiary/aromatic N) is 1. The van der Waals surface area contributed by atoms with E-state index in [1.807, 2.05) is 6.07 Å². The number of phenolic OH excluding ortho intramolecular Hbond substituents is 1. The Hall–Kier alpha value is -1.29. The maximum atomic E-state index is 11.7. The maximum absolute atomic E-state index is 11.7. The summed E-state index contributed by atoms with van der Waals surface area (Å²) < 4.78 is 5.07. The van der Waals surface area contributed by atoms with E-state index in [0.717, 1.165) is 0 Å². The number of nitrogens with two attached hydrogens (primary N) is 1. The third-order valence-electron chi connectivity index (χ3n) is 3.05. The van der Waals surface area contributed by atoms with Gasteiger partial charge in [-0.05, 0) is 41.9 Å². The second kappa shape index (κ2) is 6.93. The molecule has 5 nitrogen and oxygen atoms in total. The number of phenols is 1. The predicted molar refractivity (Wildman–Crippen MR) is 80.5 cm³/mol. The van der Waals surface area contributed by atoms with Crippen molar-refractivity contribution in [1.82, 2.24) is 0 Å². The third-order valence-corrected chi connectivity index (χ3v) is 3.65. The van der Waals surface area contributed by atoms with Gasteiger partial charge in [0.25, 0.3) is 0 Å². The van der Waals surface area contributed by atoms with Gasteiger partial charge in [-0.25, -0.2) is 0 Å². The van der Waals surface area contributed by atoms with Crippen molar-refractivity contribution in [3.8, 4) is 11.8 Å². The second-order valence-corrected chi connectivity index (χ2v) is 5.55. The number of nitriles is 1. The fraction of sp³-hybridized carbons (Fsp3) is 0.385. The number of hydrogen-bond acceptors (Lipinski definition) is 5. The van der Waals surface area contributed by atoms with Crippen molar-refractivity contribution < 1.29 is 14.6 Å². The molecule has 0 aliphatic heterocycles. The van der Waals surface area contributed by atoms with Crippen LogP contribution >= 0.6 is 28.3 Å². The quantitative estimate of drug-likeness (QED) is 0.805. The van der Waals surface area contributed by atoms with Crippen molar-refractivity contribution in [2.24, 2.45) is 11.1 Å². The van der Waals surface area contributed by atoms with Crippen molar-refractivity contribution in [3.63, 3.8) is 0 Å². The Labute approximate surface area is 132 Å². The first-order valence-corrected chi connectivity index (χ1v) is 6.31. The SMILES string of the molecule is COC(=O)C(C)(C)[C@@H](N)c1cc(C#N)cc(Br)c1O.Cl. The molecule has 0 bridgehead atoms. The monoisotopic (exact) mass is 362 g/mol. The van der Waals surface area contributed by atoms with E-state index in [4.69, 9.17) is 15.7 Å². The normalized spacial score (nSPS) is 12.0. The van der Waals surface area contributed by atoms with Crippen LogP contribution in [-0.2, 0) is 9.53 Å². The maximum Gasteiger partial charge on any atom is 0.313 e. The number of aromatic hydroxyl groups is 1. The molecule has 0 heterocycles. The van der Waals surface area contributed by atoms with Crippen LogP contribution in [0.25, 0.3) is 0 Å². The third kappa shape index (κ3) is 3.42. The van der Waals surface area contributed by atoms with Gasteiger partial charge in [0.15, 0.2) is 0 Å². The molecule has 1 rings (SSSR count). The molecule has 0 amide bonds. The Morgan fingerprint density at radius 3 is 2.55 bits per heavy atom. The van der Waals surface area contributed by atoms with E-state index in [2.05, 4.69) is 15.9 Å². The van der Waals surface area contributed by atoms with E-state index >= 15 is 0 Å². The molecule has 0 saturated heterocycles. The number of esters is 1. The predicted octanol–water partition coefficient (Wildman–Crippen LogP) is 2.65. The Morgan fingerprint density at radius 2 is 2.10 bits per heavy atom. The number of carbonyl (C=O) groups is 1. The standard InChI is InChI=1S/C13H15BrN2O3.ClH/c1-13(2,12(18)19-3)11(16)8-4-7(6-15)5-9(14)10(8)17;/h4-5,11,17H,16H2,1-3H3;1H/t11-;/m0./s1. The van der Waals surface area contributed by atoms with E-state index in [-0.39, 0.29) is 18.2 Å². The summed E-state index contributed by atoms with van der Waals surface area (Å²) in [6.45, 7) is 3.24. The molecule has 7 heteroatoms. The van der Waals surface area contributed by atoms with Crippen LogP contribution in [0.5, 0.6) is 5.75 Å². The number of rotatable bonds is 3. The summed E-state index contributed by atoms with van der Waals surface area (Å²) in [5, 5.41) is 18.9. The molecule has 0 spiro atoms. The molecule has 0 aliphatic rings. The zero-order chi connectivity index (χ0) is 14.8. The van der Waals surface area contributed by atoms with Gasteiger partial charge in [-0.15, -0.1) is 12.4 Å². The lowest BCUT2D eigenvalue weighted by Gasteiger charge is -2.29. The lowest BCUT2D eigenvalue weighted by Crippen LogP contribution is -2.37. The summed E-state index contributed by atoms with van der Waals surface area (Å²) >= 11 is 3.15. The number of carbonyl (C=O) groups excluding carboxylic acids is 1. The first-order valence-electron chi connectivity index (χ1n) is 5.52. The Morgan fingerprint density at radius 1 is 1.55 bits per heavy atom. The van der Waals surface area contributed by atoms with E-state index in [9.17, 15) is 9.90 Å². The molecular weight excluding hydrogens is 348 g/mol. The van der Waals surface area contributed by atoms with Gasteiger partial charge < -0.3 is 15.6 Å². The topological polar surface area (TPSA) is 96.3 Å². The summed E-state index contributed by atoms with van der Waals surface area (Å²) in [6.07, 6.45) is 0. The van der Waals surface area contributed by atoms with Crippen molar-refractivity contribution in [2.75, 3.05) is 7.11 Å². The lowest BCUT2D eigenvalue weighted by atomic mass is 9.80. The number of ether oxygens (including phenoxy) is 1. The van der Waals surface area contributed by atoms with E-state index in [1.54, 1.807) is 13.8 Å². The molecule has 1 atom stereocenters. The Bertz CT molecular complexity index is 555. The van der Waals surface area contributed by atoms with Crippen molar-refractivity contribution in [3.05, 3.63) is 27.7 Å². The van der Waals surface area contributed by atoms with Gasteiger partial charge in [-0.1, -0.05) is 0 Å². The van der Waals surface area contributed by atoms with Gasteiger partial charge >= 0.3 is 5.97 Å². The molecular formula is C13H16BrClN2O3. The molecule has 0 aromatic heterocycles. The fourth-order valence-electron chi connectivity index (χ4n) is 1.70. The average molecular weight is 364 g/mol. The highest BCUT2D eigenvalue weighted by Gasteiger charge is 2.38. The highest BCUT2D eigenvalue weighted by Crippen LogP contribution is 2.40. The van der Waals surface area contributed by atoms with Gasteiger partial charge in [0, 0.05) is 11.6 Å². The summed E-state index contributed by atoms with van der Waals surface area (Å²) in [4.78, 5) is 11.7. The Kier molecular flexibility index (Phi) is 6.48. The van der Waals surface area contributed by atoms with Gasteiger partial charge in [-0.3, -0.25) is 4.79 Å². The minimum Gasteiger partial charge on any atom is -0.506 e. The lowest BCUT2D eigenvalue weighted by molar-refractivity contribution is -0.152. The molecule has 1 aromatic rings. The van der Waals surface area contributed by atoms with Gasteiger partial charge in [-0.2, -0.15) is 5.26 Å². The second-order valence-electron chi connectivity index (χ2n) is 4.70.